The molecule has 0 saturated carbocycles. The van der Waals surface area contributed by atoms with Crippen LogP contribution in [0.4, 0.5) is 5.95 Å². The van der Waals surface area contributed by atoms with Crippen LogP contribution in [0.3, 0.4) is 0 Å². The number of carboxylic acids is 1. The number of hydrogen-bond acceptors (Lipinski definition) is 6. The van der Waals surface area contributed by atoms with E-state index in [4.69, 9.17) is 5.11 Å². The van der Waals surface area contributed by atoms with Crippen LogP contribution in [0.2, 0.25) is 0 Å². The van der Waals surface area contributed by atoms with Gasteiger partial charge in [0.25, 0.3) is 0 Å². The topological polar surface area (TPSA) is 101 Å². The molecule has 0 aromatic carbocycles. The standard InChI is InChI=1S/C11H11N5O2/c1-7-12-4-2-8(15-7)6-14-11-13-5-3-9(16-11)10(17)18/h2-5H,6H2,1H3,(H,17,18)(H,13,14,16). The summed E-state index contributed by atoms with van der Waals surface area (Å²) in [6.07, 6.45) is 3.05. The Kier molecular flexibility index (Phi) is 3.42. The molecule has 7 heteroatoms. The summed E-state index contributed by atoms with van der Waals surface area (Å²) in [6.45, 7) is 2.21. The van der Waals surface area contributed by atoms with Gasteiger partial charge < -0.3 is 10.4 Å². The van der Waals surface area contributed by atoms with Crippen LogP contribution < -0.4 is 5.32 Å². The van der Waals surface area contributed by atoms with Crippen LogP contribution in [0.5, 0.6) is 0 Å². The summed E-state index contributed by atoms with van der Waals surface area (Å²) in [7, 11) is 0. The van der Waals surface area contributed by atoms with Gasteiger partial charge in [0.2, 0.25) is 5.95 Å². The van der Waals surface area contributed by atoms with Crippen molar-refractivity contribution in [2.24, 2.45) is 0 Å². The van der Waals surface area contributed by atoms with Gasteiger partial charge in [-0.25, -0.2) is 24.7 Å². The average Bonchev–Trinajstić information content (AvgIpc) is 2.37. The van der Waals surface area contributed by atoms with Crippen LogP contribution in [-0.4, -0.2) is 31.0 Å². The van der Waals surface area contributed by atoms with E-state index in [1.165, 1.54) is 12.3 Å². The summed E-state index contributed by atoms with van der Waals surface area (Å²) < 4.78 is 0. The van der Waals surface area contributed by atoms with Crippen molar-refractivity contribution in [3.8, 4) is 0 Å². The predicted molar refractivity (Wildman–Crippen MR) is 63.1 cm³/mol. The molecule has 18 heavy (non-hydrogen) atoms. The lowest BCUT2D eigenvalue weighted by Crippen LogP contribution is -2.09. The first-order chi connectivity index (χ1) is 8.65. The molecular formula is C11H11N5O2. The number of carbonyl (C=O) groups is 1. The van der Waals surface area contributed by atoms with Gasteiger partial charge in [0.15, 0.2) is 5.69 Å². The molecule has 0 atom stereocenters. The Morgan fingerprint density at radius 3 is 2.78 bits per heavy atom. The lowest BCUT2D eigenvalue weighted by atomic mass is 10.4. The second kappa shape index (κ2) is 5.17. The quantitative estimate of drug-likeness (QED) is 0.824. The third-order valence-electron chi connectivity index (χ3n) is 2.14. The molecule has 0 spiro atoms. The van der Waals surface area contributed by atoms with Gasteiger partial charge in [0.1, 0.15) is 5.82 Å². The zero-order valence-electron chi connectivity index (χ0n) is 9.66. The highest BCUT2D eigenvalue weighted by Gasteiger charge is 2.06. The summed E-state index contributed by atoms with van der Waals surface area (Å²) in [4.78, 5) is 26.7. The van der Waals surface area contributed by atoms with E-state index in [1.807, 2.05) is 0 Å². The van der Waals surface area contributed by atoms with Gasteiger partial charge in [0, 0.05) is 12.4 Å². The van der Waals surface area contributed by atoms with Gasteiger partial charge in [-0.05, 0) is 19.1 Å². The van der Waals surface area contributed by atoms with Crippen molar-refractivity contribution in [1.29, 1.82) is 0 Å². The van der Waals surface area contributed by atoms with Crippen LogP contribution in [-0.2, 0) is 6.54 Å². The molecule has 0 saturated heterocycles. The van der Waals surface area contributed by atoms with E-state index in [1.54, 1.807) is 19.2 Å². The Hall–Kier alpha value is -2.57. The van der Waals surface area contributed by atoms with Crippen molar-refractivity contribution >= 4 is 11.9 Å². The fourth-order valence-corrected chi connectivity index (χ4v) is 1.34. The van der Waals surface area contributed by atoms with Crippen LogP contribution >= 0.6 is 0 Å². The van der Waals surface area contributed by atoms with Gasteiger partial charge in [-0.1, -0.05) is 0 Å². The van der Waals surface area contributed by atoms with E-state index in [0.717, 1.165) is 5.69 Å². The molecule has 0 radical (unpaired) electrons. The Bertz CT molecular complexity index is 573. The minimum Gasteiger partial charge on any atom is -0.477 e. The maximum atomic E-state index is 10.7. The molecule has 92 valence electrons. The maximum absolute atomic E-state index is 10.7. The summed E-state index contributed by atoms with van der Waals surface area (Å²) in [5.74, 6) is -0.154. The Morgan fingerprint density at radius 2 is 2.06 bits per heavy atom. The monoisotopic (exact) mass is 245 g/mol. The average molecular weight is 245 g/mol. The number of nitrogens with zero attached hydrogens (tertiary/aromatic N) is 4. The molecule has 2 heterocycles. The highest BCUT2D eigenvalue weighted by molar-refractivity contribution is 5.85. The number of anilines is 1. The van der Waals surface area contributed by atoms with Crippen LogP contribution in [0.25, 0.3) is 0 Å². The first-order valence-corrected chi connectivity index (χ1v) is 5.24. The number of nitrogens with one attached hydrogen (secondary N) is 1. The fraction of sp³-hybridized carbons (Fsp3) is 0.182. The largest absolute Gasteiger partial charge is 0.477 e. The predicted octanol–water partition coefficient (Wildman–Crippen LogP) is 0.885. The first kappa shape index (κ1) is 11.9. The second-order valence-electron chi connectivity index (χ2n) is 3.52. The molecule has 0 amide bonds. The molecule has 2 rings (SSSR count). The number of hydrogen-bond donors (Lipinski definition) is 2. The van der Waals surface area contributed by atoms with E-state index < -0.39 is 5.97 Å². The number of aromatic nitrogens is 4. The number of aromatic carboxylic acids is 1. The summed E-state index contributed by atoms with van der Waals surface area (Å²) in [6, 6.07) is 3.10. The number of rotatable bonds is 4. The van der Waals surface area contributed by atoms with Crippen LogP contribution in [0, 0.1) is 6.92 Å². The van der Waals surface area contributed by atoms with Crippen LogP contribution in [0.1, 0.15) is 22.0 Å². The maximum Gasteiger partial charge on any atom is 0.354 e. The molecule has 2 N–H and O–H groups in total. The normalized spacial score (nSPS) is 10.1. The Labute approximate surface area is 103 Å². The molecule has 0 bridgehead atoms. The summed E-state index contributed by atoms with van der Waals surface area (Å²) in [5.41, 5.74) is 0.734. The lowest BCUT2D eigenvalue weighted by Gasteiger charge is -2.04. The molecule has 2 aromatic rings. The van der Waals surface area contributed by atoms with E-state index >= 15 is 0 Å². The Morgan fingerprint density at radius 1 is 1.28 bits per heavy atom. The van der Waals surface area contributed by atoms with E-state index in [2.05, 4.69) is 25.3 Å². The molecular weight excluding hydrogens is 234 g/mol. The number of aryl methyl sites for hydroxylation is 1. The highest BCUT2D eigenvalue weighted by Crippen LogP contribution is 2.03. The van der Waals surface area contributed by atoms with Crippen molar-refractivity contribution in [3.05, 3.63) is 41.7 Å². The molecule has 0 unspecified atom stereocenters. The van der Waals surface area contributed by atoms with E-state index in [-0.39, 0.29) is 11.6 Å². The van der Waals surface area contributed by atoms with E-state index in [0.29, 0.717) is 12.4 Å². The van der Waals surface area contributed by atoms with Gasteiger partial charge >= 0.3 is 5.97 Å². The third-order valence-corrected chi connectivity index (χ3v) is 2.14. The Balaban J connectivity index is 2.06. The minimum atomic E-state index is -1.08. The summed E-state index contributed by atoms with van der Waals surface area (Å²) >= 11 is 0. The van der Waals surface area contributed by atoms with Crippen molar-refractivity contribution in [3.63, 3.8) is 0 Å². The number of carboxylic acid groups (broad SMARTS) is 1. The molecule has 0 fully saturated rings. The SMILES string of the molecule is Cc1nccc(CNc2nccc(C(=O)O)n2)n1. The van der Waals surface area contributed by atoms with Gasteiger partial charge in [-0.15, -0.1) is 0 Å². The molecule has 7 nitrogen and oxygen atoms in total. The van der Waals surface area contributed by atoms with Gasteiger partial charge in [-0.2, -0.15) is 0 Å². The zero-order valence-corrected chi connectivity index (χ0v) is 9.66. The molecule has 0 aliphatic carbocycles. The van der Waals surface area contributed by atoms with Gasteiger partial charge in [0.05, 0.1) is 12.2 Å². The van der Waals surface area contributed by atoms with Crippen molar-refractivity contribution in [2.75, 3.05) is 5.32 Å². The molecule has 0 aliphatic rings. The van der Waals surface area contributed by atoms with Crippen molar-refractivity contribution < 1.29 is 9.90 Å². The van der Waals surface area contributed by atoms with Crippen molar-refractivity contribution in [1.82, 2.24) is 19.9 Å². The van der Waals surface area contributed by atoms with Gasteiger partial charge in [-0.3, -0.25) is 0 Å². The lowest BCUT2D eigenvalue weighted by molar-refractivity contribution is 0.0690. The second-order valence-corrected chi connectivity index (χ2v) is 3.52. The highest BCUT2D eigenvalue weighted by atomic mass is 16.4. The van der Waals surface area contributed by atoms with E-state index in [9.17, 15) is 4.79 Å². The molecule has 2 aromatic heterocycles. The first-order valence-electron chi connectivity index (χ1n) is 5.24. The van der Waals surface area contributed by atoms with Crippen molar-refractivity contribution in [2.45, 2.75) is 13.5 Å². The molecule has 0 aliphatic heterocycles. The summed E-state index contributed by atoms with van der Waals surface area (Å²) in [5, 5.41) is 11.7. The third kappa shape index (κ3) is 2.97. The van der Waals surface area contributed by atoms with Crippen LogP contribution in [0.15, 0.2) is 24.5 Å². The fourth-order valence-electron chi connectivity index (χ4n) is 1.34. The smallest absolute Gasteiger partial charge is 0.354 e. The minimum absolute atomic E-state index is 0.0497. The zero-order chi connectivity index (χ0) is 13.0.